The molecule has 1 saturated heterocycles. The van der Waals surface area contributed by atoms with E-state index in [0.29, 0.717) is 12.1 Å². The van der Waals surface area contributed by atoms with Gasteiger partial charge in [-0.3, -0.25) is 5.43 Å². The molecule has 4 heteroatoms. The van der Waals surface area contributed by atoms with E-state index in [1.54, 1.807) is 0 Å². The molecule has 3 fully saturated rings. The summed E-state index contributed by atoms with van der Waals surface area (Å²) >= 11 is 0. The highest BCUT2D eigenvalue weighted by molar-refractivity contribution is 5.79. The van der Waals surface area contributed by atoms with Crippen LogP contribution in [-0.4, -0.2) is 36.1 Å². The molecule has 0 unspecified atom stereocenters. The topological polar surface area (TPSA) is 39.7 Å². The van der Waals surface area contributed by atoms with Crippen LogP contribution in [0.25, 0.3) is 0 Å². The standard InChI is InChI=1S/C18H34N4/c1-4-10-16(11-5-1)19-18(20-17-12-6-2-7-13-17)21-22-14-8-3-9-15-22/h16-17H,1-15H2,(H2,19,20,21). The molecule has 1 heterocycles. The second kappa shape index (κ2) is 8.76. The summed E-state index contributed by atoms with van der Waals surface area (Å²) in [6.45, 7) is 2.33. The van der Waals surface area contributed by atoms with Crippen molar-refractivity contribution in [1.29, 1.82) is 0 Å². The minimum absolute atomic E-state index is 0.539. The fourth-order valence-electron chi connectivity index (χ4n) is 4.09. The molecular weight excluding hydrogens is 272 g/mol. The van der Waals surface area contributed by atoms with Crippen molar-refractivity contribution in [3.63, 3.8) is 0 Å². The van der Waals surface area contributed by atoms with Crippen LogP contribution < -0.4 is 10.7 Å². The van der Waals surface area contributed by atoms with Gasteiger partial charge in [0.15, 0.2) is 0 Å². The number of hydrazine groups is 1. The third-order valence-electron chi connectivity index (χ3n) is 5.45. The Balaban J connectivity index is 1.59. The van der Waals surface area contributed by atoms with E-state index in [-0.39, 0.29) is 0 Å². The van der Waals surface area contributed by atoms with Crippen molar-refractivity contribution in [2.24, 2.45) is 4.99 Å². The smallest absolute Gasteiger partial charge is 0.206 e. The number of nitrogens with zero attached hydrogens (tertiary/aromatic N) is 2. The number of rotatable bonds is 3. The van der Waals surface area contributed by atoms with Gasteiger partial charge in [-0.05, 0) is 38.5 Å². The minimum Gasteiger partial charge on any atom is -0.353 e. The Labute approximate surface area is 136 Å². The number of hydrogen-bond donors (Lipinski definition) is 2. The van der Waals surface area contributed by atoms with E-state index in [2.05, 4.69) is 15.8 Å². The van der Waals surface area contributed by atoms with E-state index in [1.807, 2.05) is 0 Å². The molecule has 4 nitrogen and oxygen atoms in total. The maximum Gasteiger partial charge on any atom is 0.206 e. The molecule has 126 valence electrons. The zero-order valence-electron chi connectivity index (χ0n) is 14.2. The minimum atomic E-state index is 0.539. The number of hydrogen-bond acceptors (Lipinski definition) is 2. The Morgan fingerprint density at radius 2 is 1.32 bits per heavy atom. The molecule has 2 aliphatic carbocycles. The van der Waals surface area contributed by atoms with Gasteiger partial charge in [0.05, 0.1) is 6.04 Å². The molecular formula is C18H34N4. The van der Waals surface area contributed by atoms with Crippen LogP contribution in [0.15, 0.2) is 4.99 Å². The van der Waals surface area contributed by atoms with Gasteiger partial charge in [-0.1, -0.05) is 44.9 Å². The fourth-order valence-corrected chi connectivity index (χ4v) is 4.09. The van der Waals surface area contributed by atoms with Crippen molar-refractivity contribution in [3.05, 3.63) is 0 Å². The second-order valence-corrected chi connectivity index (χ2v) is 7.41. The number of piperidine rings is 1. The largest absolute Gasteiger partial charge is 0.353 e. The molecule has 1 aliphatic heterocycles. The van der Waals surface area contributed by atoms with Crippen LogP contribution in [0.4, 0.5) is 0 Å². The predicted molar refractivity (Wildman–Crippen MR) is 92.9 cm³/mol. The summed E-state index contributed by atoms with van der Waals surface area (Å²) in [5.74, 6) is 1.07. The monoisotopic (exact) mass is 306 g/mol. The normalized spacial score (nSPS) is 26.8. The van der Waals surface area contributed by atoms with Gasteiger partial charge < -0.3 is 5.32 Å². The van der Waals surface area contributed by atoms with Crippen LogP contribution in [0.1, 0.15) is 83.5 Å². The first-order chi connectivity index (χ1) is 10.9. The summed E-state index contributed by atoms with van der Waals surface area (Å²) in [4.78, 5) is 5.08. The zero-order valence-corrected chi connectivity index (χ0v) is 14.2. The molecule has 3 rings (SSSR count). The van der Waals surface area contributed by atoms with Gasteiger partial charge in [0.1, 0.15) is 0 Å². The van der Waals surface area contributed by atoms with Crippen LogP contribution in [0.5, 0.6) is 0 Å². The summed E-state index contributed by atoms with van der Waals surface area (Å²) in [5, 5.41) is 6.12. The van der Waals surface area contributed by atoms with Gasteiger partial charge in [-0.2, -0.15) is 0 Å². The lowest BCUT2D eigenvalue weighted by Crippen LogP contribution is -2.53. The van der Waals surface area contributed by atoms with Crippen molar-refractivity contribution >= 4 is 5.96 Å². The number of nitrogens with one attached hydrogen (secondary N) is 2. The van der Waals surface area contributed by atoms with E-state index in [0.717, 1.165) is 19.0 Å². The van der Waals surface area contributed by atoms with Gasteiger partial charge in [-0.15, -0.1) is 0 Å². The first kappa shape index (κ1) is 16.1. The SMILES string of the molecule is C1CCC(N=C(NC2CCCCC2)NN2CCCCC2)CC1. The van der Waals surface area contributed by atoms with Gasteiger partial charge >= 0.3 is 0 Å². The molecule has 0 amide bonds. The predicted octanol–water partition coefficient (Wildman–Crippen LogP) is 3.59. The Morgan fingerprint density at radius 3 is 2.00 bits per heavy atom. The van der Waals surface area contributed by atoms with Crippen LogP contribution in [-0.2, 0) is 0 Å². The molecule has 0 radical (unpaired) electrons. The second-order valence-electron chi connectivity index (χ2n) is 7.41. The van der Waals surface area contributed by atoms with Crippen LogP contribution in [0, 0.1) is 0 Å². The maximum absolute atomic E-state index is 5.08. The summed E-state index contributed by atoms with van der Waals surface area (Å²) < 4.78 is 0. The van der Waals surface area contributed by atoms with Crippen LogP contribution in [0.2, 0.25) is 0 Å². The highest BCUT2D eigenvalue weighted by Crippen LogP contribution is 2.21. The maximum atomic E-state index is 5.08. The van der Waals surface area contributed by atoms with E-state index in [9.17, 15) is 0 Å². The molecule has 3 aliphatic rings. The Kier molecular flexibility index (Phi) is 6.41. The lowest BCUT2D eigenvalue weighted by molar-refractivity contribution is 0.189. The van der Waals surface area contributed by atoms with E-state index >= 15 is 0 Å². The third-order valence-corrected chi connectivity index (χ3v) is 5.45. The average molecular weight is 306 g/mol. The molecule has 0 aromatic rings. The van der Waals surface area contributed by atoms with Crippen molar-refractivity contribution in [2.75, 3.05) is 13.1 Å². The van der Waals surface area contributed by atoms with Crippen molar-refractivity contribution in [2.45, 2.75) is 95.6 Å². The van der Waals surface area contributed by atoms with Gasteiger partial charge in [0, 0.05) is 19.1 Å². The molecule has 0 aromatic heterocycles. The summed E-state index contributed by atoms with van der Waals surface area (Å²) in [6, 6.07) is 1.17. The first-order valence-electron chi connectivity index (χ1n) is 9.76. The molecule has 0 aromatic carbocycles. The average Bonchev–Trinajstić information content (AvgIpc) is 2.57. The first-order valence-corrected chi connectivity index (χ1v) is 9.76. The van der Waals surface area contributed by atoms with Crippen molar-refractivity contribution in [3.8, 4) is 0 Å². The van der Waals surface area contributed by atoms with E-state index in [1.165, 1.54) is 83.5 Å². The number of guanidine groups is 1. The van der Waals surface area contributed by atoms with Crippen molar-refractivity contribution in [1.82, 2.24) is 15.8 Å². The fraction of sp³-hybridized carbons (Fsp3) is 0.944. The molecule has 22 heavy (non-hydrogen) atoms. The Morgan fingerprint density at radius 1 is 0.727 bits per heavy atom. The summed E-state index contributed by atoms with van der Waals surface area (Å²) in [7, 11) is 0. The zero-order chi connectivity index (χ0) is 15.0. The molecule has 0 atom stereocenters. The Hall–Kier alpha value is -0.770. The third kappa shape index (κ3) is 5.15. The molecule has 0 bridgehead atoms. The quantitative estimate of drug-likeness (QED) is 0.618. The highest BCUT2D eigenvalue weighted by atomic mass is 15.5. The summed E-state index contributed by atoms with van der Waals surface area (Å²) in [6.07, 6.45) is 17.4. The molecule has 2 N–H and O–H groups in total. The lowest BCUT2D eigenvalue weighted by Gasteiger charge is -2.32. The Bertz CT molecular complexity index is 315. The van der Waals surface area contributed by atoms with E-state index < -0.39 is 0 Å². The summed E-state index contributed by atoms with van der Waals surface area (Å²) in [5.41, 5.74) is 3.62. The highest BCUT2D eigenvalue weighted by Gasteiger charge is 2.19. The number of aliphatic imine (C=N–C) groups is 1. The van der Waals surface area contributed by atoms with Crippen molar-refractivity contribution < 1.29 is 0 Å². The van der Waals surface area contributed by atoms with Crippen LogP contribution in [0.3, 0.4) is 0 Å². The molecule has 2 saturated carbocycles. The van der Waals surface area contributed by atoms with E-state index in [4.69, 9.17) is 4.99 Å². The van der Waals surface area contributed by atoms with Gasteiger partial charge in [0.25, 0.3) is 0 Å². The van der Waals surface area contributed by atoms with Crippen LogP contribution >= 0.6 is 0 Å². The lowest BCUT2D eigenvalue weighted by atomic mass is 9.95. The van der Waals surface area contributed by atoms with Gasteiger partial charge in [0.2, 0.25) is 5.96 Å². The molecule has 0 spiro atoms. The van der Waals surface area contributed by atoms with Gasteiger partial charge in [-0.25, -0.2) is 10.0 Å².